The Balaban J connectivity index is 1.90. The van der Waals surface area contributed by atoms with Gasteiger partial charge >= 0.3 is 0 Å². The molecule has 1 aromatic heterocycles. The summed E-state index contributed by atoms with van der Waals surface area (Å²) in [5.41, 5.74) is 1.07. The SMILES string of the molecule is CCSC1CCCCN(Cc2csc(NC(C)=O)n2)C1. The lowest BCUT2D eigenvalue weighted by Crippen LogP contribution is -2.29. The van der Waals surface area contributed by atoms with E-state index in [2.05, 4.69) is 39.3 Å². The van der Waals surface area contributed by atoms with Crippen LogP contribution in [0.25, 0.3) is 0 Å². The summed E-state index contributed by atoms with van der Waals surface area (Å²) in [5, 5.41) is 6.27. The molecule has 1 aromatic rings. The summed E-state index contributed by atoms with van der Waals surface area (Å²) in [4.78, 5) is 18.0. The summed E-state index contributed by atoms with van der Waals surface area (Å²) in [5.74, 6) is 1.14. The van der Waals surface area contributed by atoms with E-state index in [1.807, 2.05) is 0 Å². The molecule has 2 heterocycles. The molecule has 0 aliphatic carbocycles. The molecular weight excluding hydrogens is 290 g/mol. The third-order valence-electron chi connectivity index (χ3n) is 3.33. The van der Waals surface area contributed by atoms with Gasteiger partial charge in [-0.1, -0.05) is 13.3 Å². The fraction of sp³-hybridized carbons (Fsp3) is 0.714. The number of aromatic nitrogens is 1. The lowest BCUT2D eigenvalue weighted by molar-refractivity contribution is -0.114. The number of rotatable bonds is 5. The Morgan fingerprint density at radius 2 is 2.45 bits per heavy atom. The van der Waals surface area contributed by atoms with Crippen LogP contribution in [-0.4, -0.2) is 39.9 Å². The van der Waals surface area contributed by atoms with Crippen LogP contribution in [-0.2, 0) is 11.3 Å². The zero-order chi connectivity index (χ0) is 14.4. The van der Waals surface area contributed by atoms with Gasteiger partial charge < -0.3 is 5.32 Å². The molecule has 1 N–H and O–H groups in total. The number of carbonyl (C=O) groups excluding carboxylic acids is 1. The predicted octanol–water partition coefficient (Wildman–Crippen LogP) is 3.21. The summed E-state index contributed by atoms with van der Waals surface area (Å²) in [6.45, 7) is 6.97. The highest BCUT2D eigenvalue weighted by atomic mass is 32.2. The van der Waals surface area contributed by atoms with Gasteiger partial charge in [0.1, 0.15) is 0 Å². The molecule has 1 atom stereocenters. The van der Waals surface area contributed by atoms with Crippen LogP contribution in [0.4, 0.5) is 5.13 Å². The molecule has 0 bridgehead atoms. The molecule has 1 unspecified atom stereocenters. The first-order valence-corrected chi connectivity index (χ1v) is 9.16. The van der Waals surface area contributed by atoms with E-state index in [0.29, 0.717) is 5.13 Å². The average Bonchev–Trinajstić information content (AvgIpc) is 2.68. The number of nitrogens with one attached hydrogen (secondary N) is 1. The van der Waals surface area contributed by atoms with Gasteiger partial charge in [0.15, 0.2) is 5.13 Å². The van der Waals surface area contributed by atoms with Crippen molar-refractivity contribution in [2.24, 2.45) is 0 Å². The van der Waals surface area contributed by atoms with Crippen molar-refractivity contribution in [3.63, 3.8) is 0 Å². The fourth-order valence-electron chi connectivity index (χ4n) is 2.51. The minimum absolute atomic E-state index is 0.0555. The largest absolute Gasteiger partial charge is 0.302 e. The second-order valence-electron chi connectivity index (χ2n) is 5.13. The molecule has 0 aromatic carbocycles. The standard InChI is InChI=1S/C14H23N3OS2/c1-3-19-13-6-4-5-7-17(9-13)8-12-10-20-14(16-12)15-11(2)18/h10,13H,3-9H2,1-2H3,(H,15,16,18). The van der Waals surface area contributed by atoms with E-state index < -0.39 is 0 Å². The Bertz CT molecular complexity index is 436. The van der Waals surface area contributed by atoms with Gasteiger partial charge in [0.05, 0.1) is 5.69 Å². The smallest absolute Gasteiger partial charge is 0.223 e. The summed E-state index contributed by atoms with van der Waals surface area (Å²) >= 11 is 3.58. The maximum Gasteiger partial charge on any atom is 0.223 e. The molecule has 20 heavy (non-hydrogen) atoms. The molecule has 4 nitrogen and oxygen atoms in total. The van der Waals surface area contributed by atoms with Crippen LogP contribution in [0.2, 0.25) is 0 Å². The third-order valence-corrected chi connectivity index (χ3v) is 5.33. The van der Waals surface area contributed by atoms with Crippen molar-refractivity contribution >= 4 is 34.1 Å². The number of carbonyl (C=O) groups is 1. The average molecular weight is 313 g/mol. The molecule has 2 rings (SSSR count). The fourth-order valence-corrected chi connectivity index (χ4v) is 4.38. The van der Waals surface area contributed by atoms with E-state index in [1.165, 1.54) is 43.3 Å². The first kappa shape index (κ1) is 15.8. The van der Waals surface area contributed by atoms with Crippen LogP contribution < -0.4 is 5.32 Å². The van der Waals surface area contributed by atoms with Crippen molar-refractivity contribution in [2.75, 3.05) is 24.2 Å². The van der Waals surface area contributed by atoms with E-state index in [1.54, 1.807) is 0 Å². The number of nitrogens with zero attached hydrogens (tertiary/aromatic N) is 2. The molecule has 0 spiro atoms. The zero-order valence-corrected chi connectivity index (χ0v) is 13.9. The summed E-state index contributed by atoms with van der Waals surface area (Å²) < 4.78 is 0. The maximum absolute atomic E-state index is 11.0. The van der Waals surface area contributed by atoms with Gasteiger partial charge in [0.25, 0.3) is 0 Å². The molecule has 112 valence electrons. The maximum atomic E-state index is 11.0. The molecule has 6 heteroatoms. The van der Waals surface area contributed by atoms with Crippen LogP contribution in [0.15, 0.2) is 5.38 Å². The molecule has 1 aliphatic heterocycles. The first-order valence-electron chi connectivity index (χ1n) is 7.23. The number of hydrogen-bond donors (Lipinski definition) is 1. The highest BCUT2D eigenvalue weighted by molar-refractivity contribution is 7.99. The van der Waals surface area contributed by atoms with Gasteiger partial charge in [0.2, 0.25) is 5.91 Å². The zero-order valence-electron chi connectivity index (χ0n) is 12.2. The Morgan fingerprint density at radius 1 is 1.60 bits per heavy atom. The van der Waals surface area contributed by atoms with Gasteiger partial charge in [-0.2, -0.15) is 11.8 Å². The van der Waals surface area contributed by atoms with E-state index in [0.717, 1.165) is 30.6 Å². The lowest BCUT2D eigenvalue weighted by Gasteiger charge is -2.22. The Morgan fingerprint density at radius 3 is 3.20 bits per heavy atom. The molecule has 1 amide bonds. The number of hydrogen-bond acceptors (Lipinski definition) is 5. The molecule has 1 aliphatic rings. The number of thiazole rings is 1. The predicted molar refractivity (Wildman–Crippen MR) is 87.5 cm³/mol. The number of amides is 1. The Labute approximate surface area is 129 Å². The summed E-state index contributed by atoms with van der Waals surface area (Å²) in [7, 11) is 0. The molecule has 0 saturated carbocycles. The van der Waals surface area contributed by atoms with Crippen LogP contribution in [0.3, 0.4) is 0 Å². The highest BCUT2D eigenvalue weighted by Gasteiger charge is 2.19. The van der Waals surface area contributed by atoms with Gasteiger partial charge in [-0.25, -0.2) is 4.98 Å². The summed E-state index contributed by atoms with van der Waals surface area (Å²) in [6.07, 6.45) is 3.95. The molecule has 1 saturated heterocycles. The Kier molecular flexibility index (Phi) is 6.32. The van der Waals surface area contributed by atoms with Crippen LogP contribution in [0, 0.1) is 0 Å². The molecular formula is C14H23N3OS2. The third kappa shape index (κ3) is 5.07. The van der Waals surface area contributed by atoms with Gasteiger partial charge in [-0.15, -0.1) is 11.3 Å². The van der Waals surface area contributed by atoms with Gasteiger partial charge in [0, 0.05) is 30.6 Å². The van der Waals surface area contributed by atoms with Crippen LogP contribution in [0.1, 0.15) is 38.8 Å². The van der Waals surface area contributed by atoms with E-state index in [4.69, 9.17) is 0 Å². The van der Waals surface area contributed by atoms with E-state index in [9.17, 15) is 4.79 Å². The topological polar surface area (TPSA) is 45.2 Å². The van der Waals surface area contributed by atoms with Crippen molar-refractivity contribution < 1.29 is 4.79 Å². The minimum Gasteiger partial charge on any atom is -0.302 e. The van der Waals surface area contributed by atoms with Crippen molar-refractivity contribution in [2.45, 2.75) is 44.9 Å². The van der Waals surface area contributed by atoms with E-state index >= 15 is 0 Å². The number of likely N-dealkylation sites (tertiary alicyclic amines) is 1. The van der Waals surface area contributed by atoms with Gasteiger partial charge in [-0.05, 0) is 25.1 Å². The molecule has 1 fully saturated rings. The highest BCUT2D eigenvalue weighted by Crippen LogP contribution is 2.24. The quantitative estimate of drug-likeness (QED) is 0.906. The number of anilines is 1. The van der Waals surface area contributed by atoms with Crippen molar-refractivity contribution in [3.05, 3.63) is 11.1 Å². The van der Waals surface area contributed by atoms with Crippen molar-refractivity contribution in [3.8, 4) is 0 Å². The second-order valence-corrected chi connectivity index (χ2v) is 7.57. The normalized spacial score (nSPS) is 20.6. The van der Waals surface area contributed by atoms with Crippen LogP contribution in [0.5, 0.6) is 0 Å². The minimum atomic E-state index is -0.0555. The van der Waals surface area contributed by atoms with Gasteiger partial charge in [-0.3, -0.25) is 9.69 Å². The summed E-state index contributed by atoms with van der Waals surface area (Å²) in [6, 6.07) is 0. The van der Waals surface area contributed by atoms with Crippen LogP contribution >= 0.6 is 23.1 Å². The van der Waals surface area contributed by atoms with Crippen molar-refractivity contribution in [1.29, 1.82) is 0 Å². The second kappa shape index (κ2) is 8.00. The van der Waals surface area contributed by atoms with Crippen molar-refractivity contribution in [1.82, 2.24) is 9.88 Å². The molecule has 0 radical (unpaired) electrons. The monoisotopic (exact) mass is 313 g/mol. The Hall–Kier alpha value is -0.590. The van der Waals surface area contributed by atoms with E-state index in [-0.39, 0.29) is 5.91 Å². The first-order chi connectivity index (χ1) is 9.67. The number of thioether (sulfide) groups is 1. The lowest BCUT2D eigenvalue weighted by atomic mass is 10.2.